The third-order valence-corrected chi connectivity index (χ3v) is 2.86. The maximum Gasteiger partial charge on any atom is 0.255 e. The van der Waals surface area contributed by atoms with Gasteiger partial charge in [0.05, 0.1) is 12.2 Å². The van der Waals surface area contributed by atoms with Gasteiger partial charge in [-0.3, -0.25) is 0 Å². The van der Waals surface area contributed by atoms with Crippen molar-refractivity contribution in [2.45, 2.75) is 13.3 Å². The summed E-state index contributed by atoms with van der Waals surface area (Å²) in [4.78, 5) is 5.77. The molecular formula is C11H13BrF2N4. The van der Waals surface area contributed by atoms with Crippen LogP contribution in [0.2, 0.25) is 0 Å². The molecule has 2 rings (SSSR count). The number of rotatable bonds is 5. The molecule has 0 unspecified atom stereocenters. The van der Waals surface area contributed by atoms with Crippen molar-refractivity contribution < 1.29 is 8.78 Å². The van der Waals surface area contributed by atoms with Crippen LogP contribution in [0.4, 0.5) is 14.6 Å². The first kappa shape index (κ1) is 13.2. The lowest BCUT2D eigenvalue weighted by atomic mass is 10.3. The maximum absolute atomic E-state index is 12.6. The van der Waals surface area contributed by atoms with Gasteiger partial charge in [-0.15, -0.1) is 0 Å². The molecule has 0 aliphatic rings. The summed E-state index contributed by atoms with van der Waals surface area (Å²) in [7, 11) is 0. The number of hydrogen-bond donors (Lipinski definition) is 0. The maximum atomic E-state index is 12.6. The molecule has 98 valence electrons. The molecule has 0 fully saturated rings. The van der Waals surface area contributed by atoms with Crippen LogP contribution in [0.25, 0.3) is 5.52 Å². The van der Waals surface area contributed by atoms with E-state index in [1.54, 1.807) is 21.8 Å². The van der Waals surface area contributed by atoms with Crippen LogP contribution < -0.4 is 4.90 Å². The van der Waals surface area contributed by atoms with Gasteiger partial charge in [0.1, 0.15) is 5.52 Å². The van der Waals surface area contributed by atoms with Gasteiger partial charge in [0.15, 0.2) is 5.82 Å². The molecule has 0 aliphatic carbocycles. The Hall–Kier alpha value is -1.24. The minimum Gasteiger partial charge on any atom is -0.348 e. The molecule has 0 radical (unpaired) electrons. The molecule has 0 N–H and O–H groups in total. The van der Waals surface area contributed by atoms with Gasteiger partial charge in [0.25, 0.3) is 6.43 Å². The third-order valence-electron chi connectivity index (χ3n) is 2.50. The molecule has 2 aromatic heterocycles. The lowest BCUT2D eigenvalue weighted by Gasteiger charge is -2.22. The first-order valence-electron chi connectivity index (χ1n) is 5.52. The Morgan fingerprint density at radius 3 is 2.94 bits per heavy atom. The minimum atomic E-state index is -2.39. The Balaban J connectivity index is 2.42. The quantitative estimate of drug-likeness (QED) is 0.794. The molecule has 0 aromatic carbocycles. The van der Waals surface area contributed by atoms with Crippen LogP contribution in [0.1, 0.15) is 5.69 Å². The summed E-state index contributed by atoms with van der Waals surface area (Å²) in [5, 5.41) is 4.85. The molecule has 0 saturated carbocycles. The summed E-state index contributed by atoms with van der Waals surface area (Å²) < 4.78 is 26.8. The monoisotopic (exact) mass is 318 g/mol. The number of fused-ring (bicyclic) bond motifs is 1. The van der Waals surface area contributed by atoms with Crippen molar-refractivity contribution in [3.63, 3.8) is 0 Å². The highest BCUT2D eigenvalue weighted by atomic mass is 79.9. The van der Waals surface area contributed by atoms with Gasteiger partial charge in [0.2, 0.25) is 0 Å². The lowest BCUT2D eigenvalue weighted by molar-refractivity contribution is 0.155. The molecule has 18 heavy (non-hydrogen) atoms. The fraction of sp³-hybridized carbons (Fsp3) is 0.455. The SMILES string of the molecule is Cc1cc2c(N(CCBr)CC(F)F)nccn2n1. The van der Waals surface area contributed by atoms with Gasteiger partial charge in [0, 0.05) is 24.3 Å². The topological polar surface area (TPSA) is 33.4 Å². The predicted molar refractivity (Wildman–Crippen MR) is 69.7 cm³/mol. The average Bonchev–Trinajstić information content (AvgIpc) is 2.67. The molecular weight excluding hydrogens is 306 g/mol. The Morgan fingerprint density at radius 1 is 1.50 bits per heavy atom. The van der Waals surface area contributed by atoms with Crippen molar-refractivity contribution in [1.82, 2.24) is 14.6 Å². The molecule has 0 bridgehead atoms. The van der Waals surface area contributed by atoms with E-state index in [1.807, 2.05) is 13.0 Å². The Kier molecular flexibility index (Phi) is 4.11. The van der Waals surface area contributed by atoms with Crippen molar-refractivity contribution in [3.8, 4) is 0 Å². The number of anilines is 1. The van der Waals surface area contributed by atoms with Gasteiger partial charge in [-0.1, -0.05) is 15.9 Å². The van der Waals surface area contributed by atoms with Crippen LogP contribution in [-0.2, 0) is 0 Å². The summed E-state index contributed by atoms with van der Waals surface area (Å²) in [6.07, 6.45) is 0.886. The number of halogens is 3. The fourth-order valence-corrected chi connectivity index (χ4v) is 2.25. The Bertz CT molecular complexity index is 529. The van der Waals surface area contributed by atoms with E-state index in [0.29, 0.717) is 17.7 Å². The van der Waals surface area contributed by atoms with Gasteiger partial charge >= 0.3 is 0 Å². The number of aryl methyl sites for hydroxylation is 1. The van der Waals surface area contributed by atoms with E-state index in [9.17, 15) is 8.78 Å². The summed E-state index contributed by atoms with van der Waals surface area (Å²) in [5.74, 6) is 0.540. The molecule has 0 spiro atoms. The number of nitrogens with zero attached hydrogens (tertiary/aromatic N) is 4. The first-order chi connectivity index (χ1) is 8.61. The highest BCUT2D eigenvalue weighted by Gasteiger charge is 2.16. The van der Waals surface area contributed by atoms with E-state index in [2.05, 4.69) is 26.0 Å². The zero-order chi connectivity index (χ0) is 13.1. The molecule has 2 heterocycles. The normalized spacial score (nSPS) is 11.4. The fourth-order valence-electron chi connectivity index (χ4n) is 1.83. The highest BCUT2D eigenvalue weighted by molar-refractivity contribution is 9.09. The Labute approximate surface area is 112 Å². The molecule has 0 atom stereocenters. The van der Waals surface area contributed by atoms with Crippen LogP contribution in [-0.4, -0.2) is 39.4 Å². The van der Waals surface area contributed by atoms with Crippen LogP contribution in [0.5, 0.6) is 0 Å². The lowest BCUT2D eigenvalue weighted by Crippen LogP contribution is -2.31. The predicted octanol–water partition coefficient (Wildman–Crippen LogP) is 2.50. The second-order valence-corrected chi connectivity index (χ2v) is 4.69. The first-order valence-corrected chi connectivity index (χ1v) is 6.64. The van der Waals surface area contributed by atoms with E-state index in [1.165, 1.54) is 0 Å². The zero-order valence-electron chi connectivity index (χ0n) is 9.85. The number of aromatic nitrogens is 3. The zero-order valence-corrected chi connectivity index (χ0v) is 11.4. The Morgan fingerprint density at radius 2 is 2.28 bits per heavy atom. The standard InChI is InChI=1S/C11H13BrF2N4/c1-8-6-9-11(15-3-5-18(9)16-8)17(4-2-12)7-10(13)14/h3,5-6,10H,2,4,7H2,1H3. The van der Waals surface area contributed by atoms with Crippen molar-refractivity contribution in [2.24, 2.45) is 0 Å². The molecule has 0 saturated heterocycles. The molecule has 0 amide bonds. The van der Waals surface area contributed by atoms with Gasteiger partial charge in [-0.25, -0.2) is 18.3 Å². The van der Waals surface area contributed by atoms with Crippen LogP contribution in [0.15, 0.2) is 18.5 Å². The average molecular weight is 319 g/mol. The molecule has 4 nitrogen and oxygen atoms in total. The smallest absolute Gasteiger partial charge is 0.255 e. The third kappa shape index (κ3) is 2.77. The van der Waals surface area contributed by atoms with E-state index < -0.39 is 6.43 Å². The summed E-state index contributed by atoms with van der Waals surface area (Å²) in [5.41, 5.74) is 1.58. The largest absolute Gasteiger partial charge is 0.348 e. The van der Waals surface area contributed by atoms with Crippen molar-refractivity contribution >= 4 is 27.3 Å². The van der Waals surface area contributed by atoms with Crippen molar-refractivity contribution in [2.75, 3.05) is 23.3 Å². The molecule has 2 aromatic rings. The van der Waals surface area contributed by atoms with E-state index in [-0.39, 0.29) is 6.54 Å². The summed E-state index contributed by atoms with van der Waals surface area (Å²) in [6, 6.07) is 1.84. The van der Waals surface area contributed by atoms with E-state index in [0.717, 1.165) is 11.2 Å². The van der Waals surface area contributed by atoms with Crippen LogP contribution >= 0.6 is 15.9 Å². The van der Waals surface area contributed by atoms with Crippen LogP contribution in [0.3, 0.4) is 0 Å². The van der Waals surface area contributed by atoms with E-state index >= 15 is 0 Å². The summed E-state index contributed by atoms with van der Waals surface area (Å²) in [6.45, 7) is 2.00. The second kappa shape index (κ2) is 5.60. The second-order valence-electron chi connectivity index (χ2n) is 3.89. The molecule has 0 aliphatic heterocycles. The van der Waals surface area contributed by atoms with Crippen molar-refractivity contribution in [3.05, 3.63) is 24.2 Å². The van der Waals surface area contributed by atoms with Crippen LogP contribution in [0, 0.1) is 6.92 Å². The van der Waals surface area contributed by atoms with E-state index in [4.69, 9.17) is 0 Å². The number of hydrogen-bond acceptors (Lipinski definition) is 3. The summed E-state index contributed by atoms with van der Waals surface area (Å²) >= 11 is 3.27. The van der Waals surface area contributed by atoms with Gasteiger partial charge in [-0.05, 0) is 13.0 Å². The van der Waals surface area contributed by atoms with Gasteiger partial charge in [-0.2, -0.15) is 5.10 Å². The van der Waals surface area contributed by atoms with Crippen molar-refractivity contribution in [1.29, 1.82) is 0 Å². The molecule has 7 heteroatoms. The highest BCUT2D eigenvalue weighted by Crippen LogP contribution is 2.20. The minimum absolute atomic E-state index is 0.331. The van der Waals surface area contributed by atoms with Gasteiger partial charge < -0.3 is 4.90 Å². The number of alkyl halides is 3.